The monoisotopic (exact) mass is 439 g/mol. The number of nitrogens with zero attached hydrogens (tertiary/aromatic N) is 2. The van der Waals surface area contributed by atoms with Gasteiger partial charge in [-0.3, -0.25) is 14.0 Å². The molecule has 7 nitrogen and oxygen atoms in total. The first-order valence-electron chi connectivity index (χ1n) is 9.71. The van der Waals surface area contributed by atoms with E-state index in [9.17, 15) is 18.4 Å². The minimum absolute atomic E-state index is 0.0264. The van der Waals surface area contributed by atoms with Crippen molar-refractivity contribution in [3.8, 4) is 5.88 Å². The zero-order valence-corrected chi connectivity index (χ0v) is 17.3. The predicted molar refractivity (Wildman–Crippen MR) is 112 cm³/mol. The molecule has 0 aliphatic carbocycles. The Bertz CT molecular complexity index is 1380. The van der Waals surface area contributed by atoms with Gasteiger partial charge in [0.15, 0.2) is 17.1 Å². The molecule has 0 atom stereocenters. The van der Waals surface area contributed by atoms with Gasteiger partial charge in [-0.2, -0.15) is 0 Å². The number of pyridine rings is 2. The Morgan fingerprint density at radius 3 is 2.72 bits per heavy atom. The van der Waals surface area contributed by atoms with Crippen LogP contribution in [0.3, 0.4) is 0 Å². The number of carbonyl (C=O) groups excluding carboxylic acids is 1. The number of fused-ring (bicyclic) bond motifs is 1. The van der Waals surface area contributed by atoms with Gasteiger partial charge >= 0.3 is 0 Å². The summed E-state index contributed by atoms with van der Waals surface area (Å²) in [5.41, 5.74) is 1.86. The van der Waals surface area contributed by atoms with E-state index in [0.717, 1.165) is 17.7 Å². The van der Waals surface area contributed by atoms with E-state index >= 15 is 0 Å². The number of aryl methyl sites for hydroxylation is 1. The van der Waals surface area contributed by atoms with E-state index in [1.54, 1.807) is 25.3 Å². The van der Waals surface area contributed by atoms with Crippen molar-refractivity contribution in [2.45, 2.75) is 19.9 Å². The molecule has 0 aliphatic heterocycles. The standard InChI is InChI=1S/C23H19F2N3O4/c1-13-21(29)16(7-14-3-4-17(24)18(25)8-14)11-28-12-19(32-23(13)28)22(30)27-10-15-5-6-26-20(9-15)31-2/h3-6,8-9,11-12H,7,10H2,1-2H3,(H,27,30). The maximum Gasteiger partial charge on any atom is 0.288 e. The number of hydrogen-bond donors (Lipinski definition) is 1. The number of rotatable bonds is 6. The number of methoxy groups -OCH3 is 1. The first kappa shape index (κ1) is 21.2. The molecule has 9 heteroatoms. The fourth-order valence-electron chi connectivity index (χ4n) is 3.34. The summed E-state index contributed by atoms with van der Waals surface area (Å²) in [6, 6.07) is 6.94. The average molecular weight is 439 g/mol. The molecule has 1 aromatic carbocycles. The van der Waals surface area contributed by atoms with E-state index in [0.29, 0.717) is 22.6 Å². The zero-order chi connectivity index (χ0) is 22.8. The number of carbonyl (C=O) groups is 1. The molecule has 0 saturated carbocycles. The molecule has 0 radical (unpaired) electrons. The van der Waals surface area contributed by atoms with Crippen LogP contribution in [-0.2, 0) is 13.0 Å². The Kier molecular flexibility index (Phi) is 5.72. The highest BCUT2D eigenvalue weighted by molar-refractivity contribution is 5.91. The number of amides is 1. The smallest absolute Gasteiger partial charge is 0.288 e. The van der Waals surface area contributed by atoms with Crippen LogP contribution in [0.25, 0.3) is 5.71 Å². The summed E-state index contributed by atoms with van der Waals surface area (Å²) in [7, 11) is 1.50. The second-order valence-electron chi connectivity index (χ2n) is 7.23. The van der Waals surface area contributed by atoms with E-state index in [1.165, 1.54) is 30.0 Å². The molecule has 0 aliphatic rings. The molecule has 0 bridgehead atoms. The van der Waals surface area contributed by atoms with E-state index < -0.39 is 17.5 Å². The van der Waals surface area contributed by atoms with Crippen molar-refractivity contribution in [1.29, 1.82) is 0 Å². The van der Waals surface area contributed by atoms with Crippen molar-refractivity contribution in [3.05, 3.63) is 98.8 Å². The minimum Gasteiger partial charge on any atom is -0.481 e. The molecule has 3 heterocycles. The Balaban J connectivity index is 1.57. The highest BCUT2D eigenvalue weighted by atomic mass is 19.2. The van der Waals surface area contributed by atoms with Crippen molar-refractivity contribution in [1.82, 2.24) is 14.7 Å². The summed E-state index contributed by atoms with van der Waals surface area (Å²) in [5.74, 6) is -1.93. The van der Waals surface area contributed by atoms with Gasteiger partial charge in [0.05, 0.1) is 18.9 Å². The normalized spacial score (nSPS) is 11.0. The number of aromatic nitrogens is 2. The predicted octanol–water partition coefficient (Wildman–Crippen LogP) is 3.40. The molecule has 0 unspecified atom stereocenters. The maximum atomic E-state index is 13.5. The van der Waals surface area contributed by atoms with Crippen LogP contribution in [0, 0.1) is 18.6 Å². The second-order valence-corrected chi connectivity index (χ2v) is 7.23. The number of hydrogen-bond acceptors (Lipinski definition) is 5. The third-order valence-corrected chi connectivity index (χ3v) is 5.01. The van der Waals surface area contributed by atoms with Crippen molar-refractivity contribution in [3.63, 3.8) is 0 Å². The summed E-state index contributed by atoms with van der Waals surface area (Å²) >= 11 is 0. The van der Waals surface area contributed by atoms with Crippen LogP contribution in [0.4, 0.5) is 8.78 Å². The van der Waals surface area contributed by atoms with Crippen molar-refractivity contribution < 1.29 is 22.7 Å². The molecule has 4 rings (SSSR count). The third-order valence-electron chi connectivity index (χ3n) is 5.01. The lowest BCUT2D eigenvalue weighted by atomic mass is 10.0. The highest BCUT2D eigenvalue weighted by Gasteiger charge is 2.17. The van der Waals surface area contributed by atoms with Gasteiger partial charge in [0.2, 0.25) is 17.4 Å². The third kappa shape index (κ3) is 4.22. The molecule has 0 fully saturated rings. The number of oxazole rings is 1. The lowest BCUT2D eigenvalue weighted by Gasteiger charge is -2.05. The van der Waals surface area contributed by atoms with Gasteiger partial charge in [0, 0.05) is 37.0 Å². The van der Waals surface area contributed by atoms with Crippen LogP contribution < -0.4 is 15.5 Å². The zero-order valence-electron chi connectivity index (χ0n) is 17.3. The van der Waals surface area contributed by atoms with Crippen molar-refractivity contribution >= 4 is 11.6 Å². The van der Waals surface area contributed by atoms with Crippen LogP contribution in [0.2, 0.25) is 0 Å². The molecule has 3 aromatic heterocycles. The van der Waals surface area contributed by atoms with Gasteiger partial charge in [-0.1, -0.05) is 6.07 Å². The van der Waals surface area contributed by atoms with Gasteiger partial charge in [-0.05, 0) is 36.2 Å². The Morgan fingerprint density at radius 1 is 1.16 bits per heavy atom. The summed E-state index contributed by atoms with van der Waals surface area (Å²) < 4.78 is 38.9. The van der Waals surface area contributed by atoms with E-state index in [1.807, 2.05) is 0 Å². The molecule has 4 aromatic rings. The molecular weight excluding hydrogens is 420 g/mol. The lowest BCUT2D eigenvalue weighted by Crippen LogP contribution is -2.22. The lowest BCUT2D eigenvalue weighted by molar-refractivity contribution is 0.0925. The summed E-state index contributed by atoms with van der Waals surface area (Å²) in [6.07, 6.45) is 4.68. The SMILES string of the molecule is COc1cc(CNC(=O)c2cn3cc(Cc4ccc(F)c(F)c4)c(=O)c(C)c3o2)ccn1. The number of ether oxygens (including phenoxy) is 1. The van der Waals surface area contributed by atoms with Gasteiger partial charge in [-0.25, -0.2) is 13.8 Å². The van der Waals surface area contributed by atoms with Crippen molar-refractivity contribution in [2.24, 2.45) is 0 Å². The largest absolute Gasteiger partial charge is 0.481 e. The fourth-order valence-corrected chi connectivity index (χ4v) is 3.34. The van der Waals surface area contributed by atoms with Gasteiger partial charge in [-0.15, -0.1) is 0 Å². The van der Waals surface area contributed by atoms with Gasteiger partial charge in [0.25, 0.3) is 5.91 Å². The van der Waals surface area contributed by atoms with Crippen LogP contribution in [0.5, 0.6) is 5.88 Å². The van der Waals surface area contributed by atoms with Crippen molar-refractivity contribution in [2.75, 3.05) is 7.11 Å². The van der Waals surface area contributed by atoms with Crippen LogP contribution in [-0.4, -0.2) is 22.4 Å². The highest BCUT2D eigenvalue weighted by Crippen LogP contribution is 2.17. The Labute approximate surface area is 181 Å². The molecular formula is C23H19F2N3O4. The fraction of sp³-hybridized carbons (Fsp3) is 0.174. The summed E-state index contributed by atoms with van der Waals surface area (Å²) in [4.78, 5) is 29.3. The topological polar surface area (TPSA) is 85.8 Å². The van der Waals surface area contributed by atoms with Crippen LogP contribution >= 0.6 is 0 Å². The second kappa shape index (κ2) is 8.62. The van der Waals surface area contributed by atoms with Gasteiger partial charge in [0.1, 0.15) is 0 Å². The maximum absolute atomic E-state index is 13.5. The molecule has 0 saturated heterocycles. The number of nitrogens with one attached hydrogen (secondary N) is 1. The van der Waals surface area contributed by atoms with Crippen LogP contribution in [0.15, 0.2) is 58.1 Å². The summed E-state index contributed by atoms with van der Waals surface area (Å²) in [5, 5.41) is 2.74. The summed E-state index contributed by atoms with van der Waals surface area (Å²) in [6.45, 7) is 1.81. The number of halogens is 2. The van der Waals surface area contributed by atoms with E-state index in [2.05, 4.69) is 10.3 Å². The molecule has 32 heavy (non-hydrogen) atoms. The molecule has 1 amide bonds. The Hall–Kier alpha value is -4.01. The van der Waals surface area contributed by atoms with E-state index in [4.69, 9.17) is 9.15 Å². The first-order valence-corrected chi connectivity index (χ1v) is 9.71. The molecule has 0 spiro atoms. The quantitative estimate of drug-likeness (QED) is 0.498. The van der Waals surface area contributed by atoms with Gasteiger partial charge < -0.3 is 14.5 Å². The van der Waals surface area contributed by atoms with E-state index in [-0.39, 0.29) is 29.9 Å². The minimum atomic E-state index is -0.977. The Morgan fingerprint density at radius 2 is 1.97 bits per heavy atom. The van der Waals surface area contributed by atoms with Crippen LogP contribution in [0.1, 0.15) is 32.8 Å². The first-order chi connectivity index (χ1) is 15.4. The molecule has 1 N–H and O–H groups in total. The average Bonchev–Trinajstić information content (AvgIpc) is 3.22. The molecule has 164 valence electrons. The number of benzene rings is 1.